The van der Waals surface area contributed by atoms with Crippen molar-refractivity contribution in [2.24, 2.45) is 0 Å². The van der Waals surface area contributed by atoms with Crippen molar-refractivity contribution in [2.45, 2.75) is 27.7 Å². The van der Waals surface area contributed by atoms with Gasteiger partial charge < -0.3 is 9.52 Å². The average molecular weight is 743 g/mol. The fourth-order valence-electron chi connectivity index (χ4n) is 5.01. The maximum Gasteiger partial charge on any atom is 0.155 e. The molecule has 2 heterocycles. The molecule has 0 saturated heterocycles. The molecule has 0 aliphatic rings. The van der Waals surface area contributed by atoms with Crippen molar-refractivity contribution in [3.05, 3.63) is 138 Å². The van der Waals surface area contributed by atoms with E-state index >= 15 is 0 Å². The second kappa shape index (κ2) is 14.1. The molecule has 6 aromatic rings. The number of aliphatic hydroxyl groups excluding tert-OH is 1. The fourth-order valence-corrected chi connectivity index (χ4v) is 5.01. The number of carbonyl (C=O) groups is 1. The van der Waals surface area contributed by atoms with Crippen molar-refractivity contribution in [1.29, 1.82) is 0 Å². The van der Waals surface area contributed by atoms with E-state index in [4.69, 9.17) is 14.5 Å². The second-order valence-corrected chi connectivity index (χ2v) is 10.3. The maximum atomic E-state index is 10.0. The molecular weight excluding hydrogens is 711 g/mol. The number of aryl methyl sites for hydroxylation is 2. The Bertz CT molecular complexity index is 1860. The van der Waals surface area contributed by atoms with Gasteiger partial charge in [-0.3, -0.25) is 9.78 Å². The van der Waals surface area contributed by atoms with Gasteiger partial charge in [-0.2, -0.15) is 0 Å². The second-order valence-electron chi connectivity index (χ2n) is 10.3. The Morgan fingerprint density at radius 3 is 2.07 bits per heavy atom. The molecule has 0 fully saturated rings. The quantitative estimate of drug-likeness (QED) is 0.109. The van der Waals surface area contributed by atoms with Crippen molar-refractivity contribution in [1.82, 2.24) is 4.98 Å². The predicted molar refractivity (Wildman–Crippen MR) is 171 cm³/mol. The van der Waals surface area contributed by atoms with Gasteiger partial charge in [0.15, 0.2) is 11.4 Å². The molecule has 0 bridgehead atoms. The van der Waals surface area contributed by atoms with Crippen LogP contribution < -0.4 is 0 Å². The first-order chi connectivity index (χ1) is 20.3. The summed E-state index contributed by atoms with van der Waals surface area (Å²) in [6, 6.07) is 40.9. The van der Waals surface area contributed by atoms with Crippen molar-refractivity contribution < 1.29 is 34.4 Å². The van der Waals surface area contributed by atoms with E-state index < -0.39 is 0 Å². The van der Waals surface area contributed by atoms with E-state index in [1.165, 1.54) is 47.7 Å². The monoisotopic (exact) mass is 743 g/mol. The number of rotatable bonds is 5. The Labute approximate surface area is 266 Å². The molecule has 0 saturated carbocycles. The number of nitrogens with zero attached hydrogens (tertiary/aromatic N) is 1. The zero-order valence-electron chi connectivity index (χ0n) is 24.5. The van der Waals surface area contributed by atoms with Gasteiger partial charge in [0.25, 0.3) is 0 Å². The predicted octanol–water partition coefficient (Wildman–Crippen LogP) is 9.95. The van der Waals surface area contributed by atoms with Gasteiger partial charge in [0.2, 0.25) is 0 Å². The maximum absolute atomic E-state index is 10.0. The first-order valence-electron chi connectivity index (χ1n) is 13.8. The van der Waals surface area contributed by atoms with Crippen molar-refractivity contribution >= 4 is 16.9 Å². The van der Waals surface area contributed by atoms with E-state index in [0.717, 1.165) is 39.2 Å². The van der Waals surface area contributed by atoms with Crippen LogP contribution in [-0.4, -0.2) is 15.9 Å². The summed E-state index contributed by atoms with van der Waals surface area (Å²) in [5.74, 6) is 0.757. The van der Waals surface area contributed by atoms with Crippen LogP contribution in [0.25, 0.3) is 55.9 Å². The summed E-state index contributed by atoms with van der Waals surface area (Å²) in [6.45, 7) is 7.17. The topological polar surface area (TPSA) is 63.3 Å². The van der Waals surface area contributed by atoms with Crippen LogP contribution in [0, 0.1) is 19.9 Å². The van der Waals surface area contributed by atoms with Crippen LogP contribution >= 0.6 is 0 Å². The SMILES string of the molecule is CC(=O)/C=C(/C)O.Cc1cccc(C)c1-c1ccc(-c2cc3nc(-c4[c-]ccc(-c5ccccc5)c4)ccc3o2)cc1.[Ir]. The molecule has 0 unspecified atom stereocenters. The van der Waals surface area contributed by atoms with Gasteiger partial charge in [-0.15, -0.1) is 35.4 Å². The number of hydrogen-bond donors (Lipinski definition) is 1. The third kappa shape index (κ3) is 7.64. The molecule has 0 aliphatic carbocycles. The minimum atomic E-state index is -0.125. The molecule has 5 heteroatoms. The first-order valence-corrected chi connectivity index (χ1v) is 13.8. The number of benzene rings is 4. The summed E-state index contributed by atoms with van der Waals surface area (Å²) < 4.78 is 6.16. The minimum absolute atomic E-state index is 0. The Balaban J connectivity index is 0.000000475. The van der Waals surface area contributed by atoms with Crippen molar-refractivity contribution in [3.63, 3.8) is 0 Å². The summed E-state index contributed by atoms with van der Waals surface area (Å²) >= 11 is 0. The van der Waals surface area contributed by atoms with Crippen LogP contribution in [-0.2, 0) is 24.9 Å². The van der Waals surface area contributed by atoms with Gasteiger partial charge in [-0.25, -0.2) is 0 Å². The Hall–Kier alpha value is -4.57. The number of carbonyl (C=O) groups excluding carboxylic acids is 1. The van der Waals surface area contributed by atoms with Crippen molar-refractivity contribution in [3.8, 4) is 44.8 Å². The normalized spacial score (nSPS) is 10.9. The molecule has 4 aromatic carbocycles. The standard InChI is InChI=1S/C33H24NO.C5H8O2.Ir/c1-22-8-6-9-23(2)33(22)26-16-14-25(15-17-26)32-21-30-31(35-32)19-18-29(34-30)28-13-7-12-27(20-28)24-10-4-3-5-11-24;1-4(6)3-5(2)7;/h3-12,14-21H,1-2H3;3,6H,1-2H3;/q-1;;/b;4-3-;. The summed E-state index contributed by atoms with van der Waals surface area (Å²) in [4.78, 5) is 14.9. The van der Waals surface area contributed by atoms with Crippen LogP contribution in [0.1, 0.15) is 25.0 Å². The summed E-state index contributed by atoms with van der Waals surface area (Å²) in [5.41, 5.74) is 11.9. The van der Waals surface area contributed by atoms with Gasteiger partial charge in [0.05, 0.1) is 11.3 Å². The fraction of sp³-hybridized carbons (Fsp3) is 0.105. The number of hydrogen-bond acceptors (Lipinski definition) is 4. The summed E-state index contributed by atoms with van der Waals surface area (Å²) in [6.07, 6.45) is 1.17. The number of aliphatic hydroxyl groups is 1. The third-order valence-corrected chi connectivity index (χ3v) is 6.91. The zero-order chi connectivity index (χ0) is 29.6. The van der Waals surface area contributed by atoms with Gasteiger partial charge >= 0.3 is 0 Å². The van der Waals surface area contributed by atoms with Crippen LogP contribution in [0.3, 0.4) is 0 Å². The van der Waals surface area contributed by atoms with Crippen LogP contribution in [0.5, 0.6) is 0 Å². The van der Waals surface area contributed by atoms with E-state index in [0.29, 0.717) is 0 Å². The molecule has 0 spiro atoms. The summed E-state index contributed by atoms with van der Waals surface area (Å²) in [7, 11) is 0. The molecule has 217 valence electrons. The number of allylic oxidation sites excluding steroid dienone is 2. The Morgan fingerprint density at radius 2 is 1.44 bits per heavy atom. The molecule has 0 amide bonds. The van der Waals surface area contributed by atoms with E-state index in [2.05, 4.69) is 98.8 Å². The molecule has 4 nitrogen and oxygen atoms in total. The zero-order valence-corrected chi connectivity index (χ0v) is 26.9. The van der Waals surface area contributed by atoms with Gasteiger partial charge in [-0.05, 0) is 67.3 Å². The molecular formula is C38H32IrNO3-. The van der Waals surface area contributed by atoms with E-state index in [9.17, 15) is 4.79 Å². The van der Waals surface area contributed by atoms with E-state index in [1.54, 1.807) is 0 Å². The molecule has 0 aliphatic heterocycles. The number of fused-ring (bicyclic) bond motifs is 1. The molecule has 1 radical (unpaired) electrons. The average Bonchev–Trinajstić information content (AvgIpc) is 3.41. The van der Waals surface area contributed by atoms with E-state index in [-0.39, 0.29) is 31.6 Å². The van der Waals surface area contributed by atoms with Gasteiger partial charge in [0, 0.05) is 37.8 Å². The Kier molecular flexibility index (Phi) is 10.3. The van der Waals surface area contributed by atoms with Crippen molar-refractivity contribution in [2.75, 3.05) is 0 Å². The summed E-state index contributed by atoms with van der Waals surface area (Å²) in [5, 5.41) is 8.36. The minimum Gasteiger partial charge on any atom is -0.512 e. The largest absolute Gasteiger partial charge is 0.512 e. The number of aromatic nitrogens is 1. The molecule has 6 rings (SSSR count). The number of furan rings is 1. The van der Waals surface area contributed by atoms with Gasteiger partial charge in [0.1, 0.15) is 5.76 Å². The molecule has 43 heavy (non-hydrogen) atoms. The smallest absolute Gasteiger partial charge is 0.155 e. The molecule has 1 N–H and O–H groups in total. The third-order valence-electron chi connectivity index (χ3n) is 6.91. The number of ketones is 1. The van der Waals surface area contributed by atoms with Crippen LogP contribution in [0.4, 0.5) is 0 Å². The van der Waals surface area contributed by atoms with Crippen LogP contribution in [0.15, 0.2) is 125 Å². The molecule has 0 atom stereocenters. The van der Waals surface area contributed by atoms with Crippen LogP contribution in [0.2, 0.25) is 0 Å². The molecule has 2 aromatic heterocycles. The van der Waals surface area contributed by atoms with Gasteiger partial charge in [-0.1, -0.05) is 78.9 Å². The Morgan fingerprint density at radius 1 is 0.767 bits per heavy atom. The first kappa shape index (κ1) is 31.4. The number of pyridine rings is 1. The van der Waals surface area contributed by atoms with E-state index in [1.807, 2.05) is 30.3 Å².